The van der Waals surface area contributed by atoms with E-state index in [1.807, 2.05) is 49.4 Å². The number of nitro groups is 1. The summed E-state index contributed by atoms with van der Waals surface area (Å²) in [6, 6.07) is 24.7. The van der Waals surface area contributed by atoms with Gasteiger partial charge in [-0.25, -0.2) is 4.79 Å². The lowest BCUT2D eigenvalue weighted by Crippen LogP contribution is -2.70. The van der Waals surface area contributed by atoms with Gasteiger partial charge < -0.3 is 38.7 Å². The predicted molar refractivity (Wildman–Crippen MR) is 250 cm³/mol. The highest BCUT2D eigenvalue weighted by molar-refractivity contribution is 6.03. The Labute approximate surface area is 385 Å². The second-order valence-electron chi connectivity index (χ2n) is 17.6. The van der Waals surface area contributed by atoms with E-state index in [1.54, 1.807) is 11.0 Å². The van der Waals surface area contributed by atoms with E-state index in [0.29, 0.717) is 55.3 Å². The van der Waals surface area contributed by atoms with Crippen LogP contribution in [0, 0.1) is 27.9 Å². The molecular formula is C52H61N3O11. The molecule has 14 nitrogen and oxygen atoms in total. The molecule has 4 aliphatic rings. The molecule has 4 aromatic rings. The third-order valence-electron chi connectivity index (χ3n) is 13.3. The summed E-state index contributed by atoms with van der Waals surface area (Å²) in [6.07, 6.45) is 10.5. The highest BCUT2D eigenvalue weighted by Crippen LogP contribution is 2.62. The van der Waals surface area contributed by atoms with Crippen molar-refractivity contribution in [2.45, 2.75) is 102 Å². The molecule has 66 heavy (non-hydrogen) atoms. The van der Waals surface area contributed by atoms with E-state index in [2.05, 4.69) is 30.9 Å². The lowest BCUT2D eigenvalue weighted by Gasteiger charge is -2.59. The van der Waals surface area contributed by atoms with Crippen LogP contribution in [0.2, 0.25) is 0 Å². The fourth-order valence-electron chi connectivity index (χ4n) is 10.4. The van der Waals surface area contributed by atoms with Crippen LogP contribution in [0.25, 0.3) is 10.8 Å². The van der Waals surface area contributed by atoms with Crippen LogP contribution in [-0.2, 0) is 14.3 Å². The first-order chi connectivity index (χ1) is 32.3. The Kier molecular flexibility index (Phi) is 15.3. The van der Waals surface area contributed by atoms with Gasteiger partial charge in [0, 0.05) is 56.2 Å². The topological polar surface area (TPSA) is 172 Å². The number of hydrogen-bond donors (Lipinski definition) is 2. The van der Waals surface area contributed by atoms with Gasteiger partial charge in [0.05, 0.1) is 29.8 Å². The highest BCUT2D eigenvalue weighted by atomic mass is 16.8. The Balaban J connectivity index is 1.30. The number of rotatable bonds is 20. The minimum atomic E-state index is -1.51. The number of allylic oxidation sites excluding steroid dienone is 1. The van der Waals surface area contributed by atoms with E-state index in [4.69, 9.17) is 33.7 Å². The van der Waals surface area contributed by atoms with Crippen LogP contribution in [0.4, 0.5) is 10.5 Å². The maximum atomic E-state index is 14.7. The normalized spacial score (nSPS) is 24.9. The van der Waals surface area contributed by atoms with Crippen molar-refractivity contribution in [3.63, 3.8) is 0 Å². The molecule has 350 valence electrons. The van der Waals surface area contributed by atoms with Crippen molar-refractivity contribution in [3.8, 4) is 23.0 Å². The van der Waals surface area contributed by atoms with Gasteiger partial charge in [0.15, 0.2) is 0 Å². The number of benzene rings is 4. The van der Waals surface area contributed by atoms with E-state index in [9.17, 15) is 25.1 Å². The Morgan fingerprint density at radius 2 is 1.70 bits per heavy atom. The number of ether oxygens (including phenoxy) is 5. The fourth-order valence-corrected chi connectivity index (χ4v) is 10.4. The van der Waals surface area contributed by atoms with Gasteiger partial charge in [-0.1, -0.05) is 67.4 Å². The third kappa shape index (κ3) is 10.1. The van der Waals surface area contributed by atoms with Crippen LogP contribution in [0.5, 0.6) is 23.0 Å². The Bertz CT molecular complexity index is 2380. The lowest BCUT2D eigenvalue weighted by atomic mass is 9.55. The molecule has 2 heterocycles. The second-order valence-corrected chi connectivity index (χ2v) is 17.6. The zero-order valence-corrected chi connectivity index (χ0v) is 37.6. The minimum Gasteiger partial charge on any atom is -0.459 e. The molecule has 4 aromatic carbocycles. The summed E-state index contributed by atoms with van der Waals surface area (Å²) in [7, 11) is 0. The predicted octanol–water partition coefficient (Wildman–Crippen LogP) is 10.6. The molecule has 0 radical (unpaired) electrons. The van der Waals surface area contributed by atoms with E-state index in [1.165, 1.54) is 24.3 Å². The molecule has 8 rings (SSSR count). The minimum absolute atomic E-state index is 0.00329. The quantitative estimate of drug-likeness (QED) is 0.0374. The van der Waals surface area contributed by atoms with Crippen LogP contribution in [0.3, 0.4) is 0 Å². The average molecular weight is 904 g/mol. The standard InChI is InChI=1S/C52H61N3O11/c1-3-26-54(51(58)64-39-22-19-38(20-23-39)55(59)60)47-34-45(53-66-48-17-9-12-30-61-48)43-32-37(15-7-10-27-56)42(16-8-11-28-57)49-44-33-41(63-40-21-18-35-13-5-6-14-36(35)31-40)24-25-46(44)65-52(47,50(43)49)62-29-4-2/h4-6,13-14,18-25,31-33,37,42,47-50,56-57H,2-3,7-12,15-17,26-30,34H2,1H3/t37-,42+,47-,48?,49+,50+,52+/m0/s1. The van der Waals surface area contributed by atoms with Gasteiger partial charge in [0.2, 0.25) is 12.1 Å². The van der Waals surface area contributed by atoms with Crippen molar-refractivity contribution in [2.75, 3.05) is 33.0 Å². The molecule has 1 saturated heterocycles. The molecule has 7 atom stereocenters. The first-order valence-electron chi connectivity index (χ1n) is 23.5. The number of carbonyl (C=O) groups is 1. The number of carbonyl (C=O) groups excluding carboxylic acids is 1. The molecule has 0 aromatic heterocycles. The van der Waals surface area contributed by atoms with Crippen molar-refractivity contribution >= 4 is 28.3 Å². The van der Waals surface area contributed by atoms with E-state index >= 15 is 0 Å². The number of amides is 1. The number of aliphatic hydroxyl groups is 2. The summed E-state index contributed by atoms with van der Waals surface area (Å²) in [5.41, 5.74) is 2.34. The molecule has 1 saturated carbocycles. The number of hydrogen-bond acceptors (Lipinski definition) is 12. The lowest BCUT2D eigenvalue weighted by molar-refractivity contribution is -0.384. The van der Waals surface area contributed by atoms with Gasteiger partial charge in [-0.3, -0.25) is 15.0 Å². The van der Waals surface area contributed by atoms with Crippen molar-refractivity contribution < 1.29 is 48.5 Å². The highest BCUT2D eigenvalue weighted by Gasteiger charge is 2.65. The first-order valence-corrected chi connectivity index (χ1v) is 23.5. The van der Waals surface area contributed by atoms with Crippen LogP contribution in [-0.4, -0.2) is 82.9 Å². The maximum Gasteiger partial charge on any atom is 0.415 e. The smallest absolute Gasteiger partial charge is 0.415 e. The number of oxime groups is 1. The Hall–Kier alpha value is -5.80. The van der Waals surface area contributed by atoms with Crippen LogP contribution in [0.1, 0.15) is 89.0 Å². The van der Waals surface area contributed by atoms with E-state index < -0.39 is 35.1 Å². The first kappa shape index (κ1) is 46.7. The molecular weight excluding hydrogens is 843 g/mol. The van der Waals surface area contributed by atoms with E-state index in [0.717, 1.165) is 60.4 Å². The molecule has 14 heteroatoms. The van der Waals surface area contributed by atoms with Gasteiger partial charge >= 0.3 is 6.09 Å². The number of nitro benzene ring substituents is 1. The number of unbranched alkanes of at least 4 members (excludes halogenated alkanes) is 2. The number of nitrogens with zero attached hydrogens (tertiary/aromatic N) is 3. The van der Waals surface area contributed by atoms with Crippen molar-refractivity contribution in [1.29, 1.82) is 0 Å². The summed E-state index contributed by atoms with van der Waals surface area (Å²) in [6.45, 7) is 7.07. The largest absolute Gasteiger partial charge is 0.459 e. The Morgan fingerprint density at radius 3 is 2.42 bits per heavy atom. The van der Waals surface area contributed by atoms with Crippen molar-refractivity contribution in [2.24, 2.45) is 22.9 Å². The number of non-ortho nitro benzene ring substituents is 1. The molecule has 2 N–H and O–H groups in total. The maximum absolute atomic E-state index is 14.7. The average Bonchev–Trinajstić information content (AvgIpc) is 3.33. The summed E-state index contributed by atoms with van der Waals surface area (Å²) < 4.78 is 33.1. The van der Waals surface area contributed by atoms with Gasteiger partial charge in [-0.05, 0) is 116 Å². The molecule has 2 aliphatic heterocycles. The van der Waals surface area contributed by atoms with Gasteiger partial charge in [0.1, 0.15) is 29.0 Å². The summed E-state index contributed by atoms with van der Waals surface area (Å²) in [5.74, 6) is -0.231. The SMILES string of the molecule is C=CCO[C@@]12Oc3ccc(Oc4ccc5ccccc5c4)cc3[C@H]3[C@H](CCCCO)[C@@H](CCCCO)C=C(C(=NOC4CCCCO4)C[C@@H]1N(CCC)C(=O)Oc1ccc([N+](=O)[O-])cc1)[C@H]32. The van der Waals surface area contributed by atoms with Crippen LogP contribution < -0.4 is 14.2 Å². The molecule has 2 fully saturated rings. The summed E-state index contributed by atoms with van der Waals surface area (Å²) in [4.78, 5) is 33.6. The summed E-state index contributed by atoms with van der Waals surface area (Å²) in [5, 5.41) is 38.6. The van der Waals surface area contributed by atoms with Gasteiger partial charge in [-0.2, -0.15) is 0 Å². The van der Waals surface area contributed by atoms with Gasteiger partial charge in [-0.15, -0.1) is 6.58 Å². The van der Waals surface area contributed by atoms with Gasteiger partial charge in [0.25, 0.3) is 5.69 Å². The van der Waals surface area contributed by atoms with Crippen molar-refractivity contribution in [3.05, 3.63) is 125 Å². The third-order valence-corrected chi connectivity index (χ3v) is 13.3. The monoisotopic (exact) mass is 903 g/mol. The fraction of sp³-hybridized carbons (Fsp3) is 0.462. The molecule has 1 unspecified atom stereocenters. The summed E-state index contributed by atoms with van der Waals surface area (Å²) >= 11 is 0. The number of fused-ring (bicyclic) bond motifs is 3. The molecule has 0 spiro atoms. The van der Waals surface area contributed by atoms with E-state index in [-0.39, 0.29) is 62.0 Å². The molecule has 2 aliphatic carbocycles. The van der Waals surface area contributed by atoms with Crippen molar-refractivity contribution in [1.82, 2.24) is 4.90 Å². The zero-order chi connectivity index (χ0) is 46.0. The number of aliphatic hydroxyl groups excluding tert-OH is 2. The zero-order valence-electron chi connectivity index (χ0n) is 37.6. The Morgan fingerprint density at radius 1 is 0.955 bits per heavy atom. The molecule has 1 amide bonds. The molecule has 0 bridgehead atoms. The van der Waals surface area contributed by atoms with Crippen LogP contribution >= 0.6 is 0 Å². The van der Waals surface area contributed by atoms with Crippen LogP contribution in [0.15, 0.2) is 114 Å². The second kappa shape index (κ2) is 21.7.